The van der Waals surface area contributed by atoms with E-state index in [-0.39, 0.29) is 27.4 Å². The summed E-state index contributed by atoms with van der Waals surface area (Å²) in [7, 11) is 0. The van der Waals surface area contributed by atoms with Crippen LogP contribution in [0.25, 0.3) is 33.3 Å². The molecule has 5 nitrogen and oxygen atoms in total. The van der Waals surface area contributed by atoms with E-state index in [0.29, 0.717) is 11.3 Å². The lowest BCUT2D eigenvalue weighted by molar-refractivity contribution is -0.144. The molecule has 1 saturated heterocycles. The highest BCUT2D eigenvalue weighted by Gasteiger charge is 2.35. The van der Waals surface area contributed by atoms with Gasteiger partial charge in [0.1, 0.15) is 11.3 Å². The van der Waals surface area contributed by atoms with E-state index in [9.17, 15) is 18.0 Å². The molecular formula is C23H20F3N3O2. The zero-order valence-electron chi connectivity index (χ0n) is 16.6. The van der Waals surface area contributed by atoms with Crippen LogP contribution in [0.4, 0.5) is 13.2 Å². The third kappa shape index (κ3) is 3.83. The van der Waals surface area contributed by atoms with Crippen LogP contribution in [0.15, 0.2) is 51.7 Å². The molecule has 1 aliphatic rings. The number of piperidine rings is 1. The summed E-state index contributed by atoms with van der Waals surface area (Å²) in [6, 6.07) is 11.9. The van der Waals surface area contributed by atoms with Gasteiger partial charge in [0.2, 0.25) is 5.82 Å². The standard InChI is InChI=1S/C23H20F3N3O2/c24-23(25,26)22-27-17-9-8-16-18(30)12-19(31-21(16)20(17)28-22)15-6-4-14(5-7-15)13-29-10-2-1-3-11-29/h4-9,12H,1-3,10-11,13H2,(H,27,28). The van der Waals surface area contributed by atoms with Crippen LogP contribution in [0, 0.1) is 0 Å². The summed E-state index contributed by atoms with van der Waals surface area (Å²) < 4.78 is 45.1. The van der Waals surface area contributed by atoms with E-state index in [1.54, 1.807) is 0 Å². The molecule has 4 aromatic rings. The van der Waals surface area contributed by atoms with Gasteiger partial charge in [0.25, 0.3) is 0 Å². The third-order valence-corrected chi connectivity index (χ3v) is 5.71. The predicted molar refractivity (Wildman–Crippen MR) is 112 cm³/mol. The molecule has 31 heavy (non-hydrogen) atoms. The highest BCUT2D eigenvalue weighted by molar-refractivity contribution is 6.00. The van der Waals surface area contributed by atoms with Crippen molar-refractivity contribution in [1.82, 2.24) is 14.9 Å². The third-order valence-electron chi connectivity index (χ3n) is 5.71. The van der Waals surface area contributed by atoms with Gasteiger partial charge in [-0.1, -0.05) is 30.7 Å². The molecule has 2 aromatic carbocycles. The molecule has 3 heterocycles. The lowest BCUT2D eigenvalue weighted by atomic mass is 10.1. The van der Waals surface area contributed by atoms with Crippen LogP contribution in [0.5, 0.6) is 0 Å². The Hall–Kier alpha value is -3.13. The first kappa shape index (κ1) is 19.8. The molecule has 160 valence electrons. The molecular weight excluding hydrogens is 407 g/mol. The van der Waals surface area contributed by atoms with Crippen molar-refractivity contribution < 1.29 is 17.6 Å². The number of halogens is 3. The van der Waals surface area contributed by atoms with Gasteiger partial charge in [-0.15, -0.1) is 0 Å². The Morgan fingerprint density at radius 2 is 1.77 bits per heavy atom. The van der Waals surface area contributed by atoms with E-state index >= 15 is 0 Å². The fourth-order valence-corrected chi connectivity index (χ4v) is 4.11. The van der Waals surface area contributed by atoms with Crippen molar-refractivity contribution in [2.24, 2.45) is 0 Å². The summed E-state index contributed by atoms with van der Waals surface area (Å²) in [5.41, 5.74) is 1.72. The summed E-state index contributed by atoms with van der Waals surface area (Å²) in [5.74, 6) is -0.823. The fourth-order valence-electron chi connectivity index (χ4n) is 4.11. The maximum Gasteiger partial charge on any atom is 0.449 e. The van der Waals surface area contributed by atoms with E-state index in [4.69, 9.17) is 4.42 Å². The maximum atomic E-state index is 13.1. The summed E-state index contributed by atoms with van der Waals surface area (Å²) in [4.78, 5) is 20.9. The predicted octanol–water partition coefficient (Wildman–Crippen LogP) is 5.34. The Bertz CT molecular complexity index is 1300. The quantitative estimate of drug-likeness (QED) is 0.479. The highest BCUT2D eigenvalue weighted by Crippen LogP contribution is 2.32. The molecule has 0 bridgehead atoms. The van der Waals surface area contributed by atoms with E-state index in [0.717, 1.165) is 19.6 Å². The van der Waals surface area contributed by atoms with Crippen molar-refractivity contribution in [3.8, 4) is 11.3 Å². The Balaban J connectivity index is 1.53. The number of benzene rings is 2. The minimum Gasteiger partial charge on any atom is -0.453 e. The van der Waals surface area contributed by atoms with Gasteiger partial charge in [-0.2, -0.15) is 13.2 Å². The second-order valence-corrected chi connectivity index (χ2v) is 7.93. The van der Waals surface area contributed by atoms with Gasteiger partial charge in [-0.25, -0.2) is 4.98 Å². The van der Waals surface area contributed by atoms with Crippen molar-refractivity contribution in [3.63, 3.8) is 0 Å². The van der Waals surface area contributed by atoms with Gasteiger partial charge in [0.15, 0.2) is 11.0 Å². The van der Waals surface area contributed by atoms with Crippen LogP contribution in [-0.4, -0.2) is 28.0 Å². The van der Waals surface area contributed by atoms with Gasteiger partial charge in [0, 0.05) is 18.2 Å². The first-order chi connectivity index (χ1) is 14.9. The van der Waals surface area contributed by atoms with Crippen LogP contribution >= 0.6 is 0 Å². The van der Waals surface area contributed by atoms with Crippen molar-refractivity contribution in [2.75, 3.05) is 13.1 Å². The van der Waals surface area contributed by atoms with Gasteiger partial charge in [-0.3, -0.25) is 9.69 Å². The topological polar surface area (TPSA) is 62.1 Å². The van der Waals surface area contributed by atoms with Crippen LogP contribution < -0.4 is 5.43 Å². The van der Waals surface area contributed by atoms with Crippen molar-refractivity contribution in [3.05, 3.63) is 64.1 Å². The van der Waals surface area contributed by atoms with Gasteiger partial charge in [-0.05, 0) is 43.6 Å². The Kier molecular flexibility index (Phi) is 4.81. The Labute approximate surface area is 175 Å². The number of likely N-dealkylation sites (tertiary alicyclic amines) is 1. The molecule has 0 radical (unpaired) electrons. The number of H-pyrrole nitrogens is 1. The number of imidazole rings is 1. The lowest BCUT2D eigenvalue weighted by Gasteiger charge is -2.26. The van der Waals surface area contributed by atoms with E-state index in [1.165, 1.54) is 43.0 Å². The second-order valence-electron chi connectivity index (χ2n) is 7.93. The molecule has 1 fully saturated rings. The molecule has 0 saturated carbocycles. The second kappa shape index (κ2) is 7.53. The van der Waals surface area contributed by atoms with Crippen LogP contribution in [0.3, 0.4) is 0 Å². The number of alkyl halides is 3. The summed E-state index contributed by atoms with van der Waals surface area (Å²) in [6.07, 6.45) is -0.895. The highest BCUT2D eigenvalue weighted by atomic mass is 19.4. The molecule has 8 heteroatoms. The molecule has 2 aromatic heterocycles. The smallest absolute Gasteiger partial charge is 0.449 e. The minimum atomic E-state index is -4.62. The summed E-state index contributed by atoms with van der Waals surface area (Å²) in [5, 5.41) is 0.193. The first-order valence-electron chi connectivity index (χ1n) is 10.2. The molecule has 1 aliphatic heterocycles. The Morgan fingerprint density at radius 1 is 1.03 bits per heavy atom. The molecule has 1 N–H and O–H groups in total. The monoisotopic (exact) mass is 427 g/mol. The number of hydrogen-bond donors (Lipinski definition) is 1. The number of hydrogen-bond acceptors (Lipinski definition) is 4. The van der Waals surface area contributed by atoms with Gasteiger partial charge < -0.3 is 9.40 Å². The molecule has 5 rings (SSSR count). The largest absolute Gasteiger partial charge is 0.453 e. The molecule has 0 spiro atoms. The van der Waals surface area contributed by atoms with E-state index < -0.39 is 12.0 Å². The van der Waals surface area contributed by atoms with E-state index in [1.807, 2.05) is 24.3 Å². The minimum absolute atomic E-state index is 0.00880. The fraction of sp³-hybridized carbons (Fsp3) is 0.304. The average molecular weight is 427 g/mol. The Morgan fingerprint density at radius 3 is 2.48 bits per heavy atom. The summed E-state index contributed by atoms with van der Waals surface area (Å²) in [6.45, 7) is 3.07. The van der Waals surface area contributed by atoms with E-state index in [2.05, 4.69) is 14.9 Å². The number of aromatic amines is 1. The van der Waals surface area contributed by atoms with Crippen molar-refractivity contribution in [1.29, 1.82) is 0 Å². The van der Waals surface area contributed by atoms with Crippen molar-refractivity contribution in [2.45, 2.75) is 32.0 Å². The first-order valence-corrected chi connectivity index (χ1v) is 10.2. The molecule has 0 unspecified atom stereocenters. The SMILES string of the molecule is O=c1cc(-c2ccc(CN3CCCCC3)cc2)oc2c1ccc1[nH]c(C(F)(F)F)nc12. The van der Waals surface area contributed by atoms with Crippen LogP contribution in [0.2, 0.25) is 0 Å². The number of fused-ring (bicyclic) bond motifs is 3. The number of rotatable bonds is 3. The zero-order chi connectivity index (χ0) is 21.6. The molecule has 0 aliphatic carbocycles. The number of nitrogens with one attached hydrogen (secondary N) is 1. The van der Waals surface area contributed by atoms with Crippen molar-refractivity contribution >= 4 is 22.0 Å². The van der Waals surface area contributed by atoms with Crippen LogP contribution in [-0.2, 0) is 12.7 Å². The average Bonchev–Trinajstić information content (AvgIpc) is 3.21. The molecule has 0 amide bonds. The summed E-state index contributed by atoms with van der Waals surface area (Å²) >= 11 is 0. The van der Waals surface area contributed by atoms with Gasteiger partial charge >= 0.3 is 6.18 Å². The maximum absolute atomic E-state index is 13.1. The normalized spacial score (nSPS) is 15.7. The zero-order valence-corrected chi connectivity index (χ0v) is 16.6. The number of aromatic nitrogens is 2. The van der Waals surface area contributed by atoms with Gasteiger partial charge in [0.05, 0.1) is 10.9 Å². The van der Waals surface area contributed by atoms with Crippen LogP contribution in [0.1, 0.15) is 30.7 Å². The number of nitrogens with zero attached hydrogens (tertiary/aromatic N) is 2. The lowest BCUT2D eigenvalue weighted by Crippen LogP contribution is -2.28. The molecule has 0 atom stereocenters.